The van der Waals surface area contributed by atoms with Crippen molar-refractivity contribution in [2.75, 3.05) is 0 Å². The molecule has 0 aliphatic carbocycles. The number of rotatable bonds is 0. The van der Waals surface area contributed by atoms with Crippen molar-refractivity contribution in [3.8, 4) is 22.9 Å². The molecular weight excluding hydrogens is 510 g/mol. The Morgan fingerprint density at radius 1 is 0.737 bits per heavy atom. The lowest BCUT2D eigenvalue weighted by atomic mass is 10.4. The zero-order valence-corrected chi connectivity index (χ0v) is 19.3. The summed E-state index contributed by atoms with van der Waals surface area (Å²) in [6.45, 7) is 13.7. The van der Waals surface area contributed by atoms with Gasteiger partial charge in [0.05, 0.1) is 16.9 Å². The van der Waals surface area contributed by atoms with Gasteiger partial charge in [0.25, 0.3) is 0 Å². The van der Waals surface area contributed by atoms with Gasteiger partial charge in [-0.1, -0.05) is 51.1 Å². The molecule has 102 valence electrons. The fraction of sp³-hybridized carbons (Fsp3) is 0.429. The summed E-state index contributed by atoms with van der Waals surface area (Å²) >= 11 is 6.54. The van der Waals surface area contributed by atoms with Crippen molar-refractivity contribution in [3.05, 3.63) is 16.9 Å². The van der Waals surface area contributed by atoms with Gasteiger partial charge in [-0.15, -0.1) is 22.4 Å². The van der Waals surface area contributed by atoms with Crippen molar-refractivity contribution in [2.45, 2.75) is 39.3 Å². The van der Waals surface area contributed by atoms with Gasteiger partial charge in [0.15, 0.2) is 0 Å². The van der Waals surface area contributed by atoms with Crippen molar-refractivity contribution >= 4 is 72.7 Å². The van der Waals surface area contributed by atoms with Crippen LogP contribution < -0.4 is 0 Å². The Morgan fingerprint density at radius 2 is 1.05 bits per heavy atom. The first-order valence-corrected chi connectivity index (χ1v) is 16.0. The van der Waals surface area contributed by atoms with Crippen molar-refractivity contribution in [1.82, 2.24) is 0 Å². The fourth-order valence-corrected chi connectivity index (χ4v) is 4.85. The Bertz CT molecular complexity index is 544. The summed E-state index contributed by atoms with van der Waals surface area (Å²) in [6, 6.07) is 0. The SMILES string of the molecule is C[Si](C)(C)C#Cc1sc(C#C[Si](C)(C)C)c(I)c1I. The zero-order chi connectivity index (χ0) is 14.8. The third-order valence-electron chi connectivity index (χ3n) is 1.90. The molecule has 0 bridgehead atoms. The van der Waals surface area contributed by atoms with Crippen LogP contribution in [-0.4, -0.2) is 16.1 Å². The molecular formula is C14H18I2SSi2. The van der Waals surface area contributed by atoms with E-state index in [0.717, 1.165) is 0 Å². The first kappa shape index (κ1) is 17.8. The Morgan fingerprint density at radius 3 is 1.32 bits per heavy atom. The minimum Gasteiger partial charge on any atom is -0.126 e. The molecule has 0 unspecified atom stereocenters. The predicted molar refractivity (Wildman–Crippen MR) is 110 cm³/mol. The van der Waals surface area contributed by atoms with E-state index in [2.05, 4.69) is 107 Å². The quantitative estimate of drug-likeness (QED) is 0.240. The summed E-state index contributed by atoms with van der Waals surface area (Å²) in [5.74, 6) is 6.75. The number of thiophene rings is 1. The first-order valence-electron chi connectivity index (χ1n) is 6.04. The van der Waals surface area contributed by atoms with Gasteiger partial charge in [-0.2, -0.15) is 0 Å². The van der Waals surface area contributed by atoms with Crippen LogP contribution in [0.25, 0.3) is 0 Å². The predicted octanol–water partition coefficient (Wildman–Crippen LogP) is 5.42. The van der Waals surface area contributed by atoms with E-state index in [1.165, 1.54) is 16.9 Å². The molecule has 0 nitrogen and oxygen atoms in total. The molecule has 0 N–H and O–H groups in total. The second kappa shape index (κ2) is 6.65. The normalized spacial score (nSPS) is 11.4. The molecule has 0 radical (unpaired) electrons. The summed E-state index contributed by atoms with van der Waals surface area (Å²) in [5.41, 5.74) is 6.89. The average Bonchev–Trinajstić information content (AvgIpc) is 2.49. The second-order valence-electron chi connectivity index (χ2n) is 6.39. The highest BCUT2D eigenvalue weighted by molar-refractivity contribution is 14.1. The highest BCUT2D eigenvalue weighted by Gasteiger charge is 2.14. The van der Waals surface area contributed by atoms with Crippen LogP contribution in [0.2, 0.25) is 39.3 Å². The first-order chi connectivity index (χ1) is 8.49. The van der Waals surface area contributed by atoms with Gasteiger partial charge in [-0.3, -0.25) is 0 Å². The summed E-state index contributed by atoms with van der Waals surface area (Å²) in [5, 5.41) is 0. The minimum atomic E-state index is -1.31. The third-order valence-corrected chi connectivity index (χ3v) is 8.59. The molecule has 0 aliphatic rings. The standard InChI is InChI=1S/C14H18I2SSi2/c1-18(2,3)9-7-11-13(15)14(16)12(17-11)8-10-19(4,5)6/h1-6H3. The lowest BCUT2D eigenvalue weighted by Gasteiger charge is -2.02. The maximum atomic E-state index is 3.44. The van der Waals surface area contributed by atoms with E-state index in [9.17, 15) is 0 Å². The van der Waals surface area contributed by atoms with Gasteiger partial charge in [0, 0.05) is 0 Å². The van der Waals surface area contributed by atoms with Crippen LogP contribution in [0.5, 0.6) is 0 Å². The highest BCUT2D eigenvalue weighted by Crippen LogP contribution is 2.30. The van der Waals surface area contributed by atoms with E-state index in [4.69, 9.17) is 0 Å². The van der Waals surface area contributed by atoms with E-state index in [1.54, 1.807) is 11.3 Å². The molecule has 0 saturated carbocycles. The molecule has 0 spiro atoms. The molecule has 19 heavy (non-hydrogen) atoms. The van der Waals surface area contributed by atoms with Crippen molar-refractivity contribution < 1.29 is 0 Å². The molecule has 0 saturated heterocycles. The van der Waals surface area contributed by atoms with Crippen LogP contribution in [0.4, 0.5) is 0 Å². The molecule has 1 rings (SSSR count). The maximum Gasteiger partial charge on any atom is 0.129 e. The van der Waals surface area contributed by atoms with Crippen LogP contribution in [0.15, 0.2) is 0 Å². The number of hydrogen-bond donors (Lipinski definition) is 0. The smallest absolute Gasteiger partial charge is 0.126 e. The summed E-state index contributed by atoms with van der Waals surface area (Å²) in [6.07, 6.45) is 0. The maximum absolute atomic E-state index is 3.44. The van der Waals surface area contributed by atoms with Crippen LogP contribution in [0.3, 0.4) is 0 Å². The molecule has 1 aromatic rings. The summed E-state index contributed by atoms with van der Waals surface area (Å²) < 4.78 is 2.54. The van der Waals surface area contributed by atoms with Gasteiger partial charge >= 0.3 is 0 Å². The van der Waals surface area contributed by atoms with E-state index in [-0.39, 0.29) is 0 Å². The average molecular weight is 528 g/mol. The lowest BCUT2D eigenvalue weighted by Crippen LogP contribution is -2.16. The molecule has 0 amide bonds. The summed E-state index contributed by atoms with van der Waals surface area (Å²) in [4.78, 5) is 2.37. The zero-order valence-electron chi connectivity index (χ0n) is 12.2. The molecule has 0 atom stereocenters. The number of halogens is 2. The fourth-order valence-electron chi connectivity index (χ4n) is 1.04. The summed E-state index contributed by atoms with van der Waals surface area (Å²) in [7, 11) is -2.62. The molecule has 5 heteroatoms. The molecule has 1 aromatic heterocycles. The van der Waals surface area contributed by atoms with Crippen molar-refractivity contribution in [3.63, 3.8) is 0 Å². The third kappa shape index (κ3) is 6.34. The van der Waals surface area contributed by atoms with Crippen molar-refractivity contribution in [1.29, 1.82) is 0 Å². The van der Waals surface area contributed by atoms with Crippen LogP contribution in [0.1, 0.15) is 9.75 Å². The Kier molecular flexibility index (Phi) is 6.22. The van der Waals surface area contributed by atoms with E-state index < -0.39 is 16.1 Å². The van der Waals surface area contributed by atoms with E-state index in [1.807, 2.05) is 0 Å². The largest absolute Gasteiger partial charge is 0.129 e. The molecule has 0 aliphatic heterocycles. The Hall–Kier alpha value is 0.714. The topological polar surface area (TPSA) is 0 Å². The van der Waals surface area contributed by atoms with Gasteiger partial charge in [-0.25, -0.2) is 0 Å². The van der Waals surface area contributed by atoms with E-state index >= 15 is 0 Å². The van der Waals surface area contributed by atoms with Gasteiger partial charge < -0.3 is 0 Å². The van der Waals surface area contributed by atoms with Crippen LogP contribution in [-0.2, 0) is 0 Å². The van der Waals surface area contributed by atoms with Gasteiger partial charge in [0.1, 0.15) is 16.1 Å². The Balaban J connectivity index is 3.18. The molecule has 1 heterocycles. The Labute approximate surface area is 150 Å². The highest BCUT2D eigenvalue weighted by atomic mass is 127. The van der Waals surface area contributed by atoms with Gasteiger partial charge in [-0.05, 0) is 45.2 Å². The van der Waals surface area contributed by atoms with E-state index in [0.29, 0.717) is 0 Å². The monoisotopic (exact) mass is 528 g/mol. The minimum absolute atomic E-state index is 1.19. The van der Waals surface area contributed by atoms with Crippen LogP contribution >= 0.6 is 56.5 Å². The van der Waals surface area contributed by atoms with Crippen molar-refractivity contribution in [2.24, 2.45) is 0 Å². The van der Waals surface area contributed by atoms with Crippen LogP contribution in [0, 0.1) is 30.1 Å². The lowest BCUT2D eigenvalue weighted by molar-refractivity contribution is 1.69. The number of hydrogen-bond acceptors (Lipinski definition) is 1. The molecule has 0 aromatic carbocycles. The van der Waals surface area contributed by atoms with Gasteiger partial charge in [0.2, 0.25) is 0 Å². The second-order valence-corrected chi connectivity index (χ2v) is 19.1. The molecule has 0 fully saturated rings.